The molecule has 1 atom stereocenters. The number of esters is 3. The zero-order chi connectivity index (χ0) is 53.6. The lowest BCUT2D eigenvalue weighted by Gasteiger charge is -2.18. The van der Waals surface area contributed by atoms with E-state index in [1.54, 1.807) is 0 Å². The second-order valence-electron chi connectivity index (χ2n) is 20.6. The largest absolute Gasteiger partial charge is 0.462 e. The maximum absolute atomic E-state index is 12.9. The van der Waals surface area contributed by atoms with Gasteiger partial charge in [-0.2, -0.15) is 0 Å². The molecule has 0 rings (SSSR count). The monoisotopic (exact) mass is 1030 g/mol. The molecule has 0 amide bonds. The molecule has 0 N–H and O–H groups in total. The first-order valence-corrected chi connectivity index (χ1v) is 31.2. The lowest BCUT2D eigenvalue weighted by molar-refractivity contribution is -0.167. The molecule has 0 radical (unpaired) electrons. The van der Waals surface area contributed by atoms with Crippen molar-refractivity contribution in [2.45, 2.75) is 303 Å². The van der Waals surface area contributed by atoms with Crippen molar-refractivity contribution in [1.82, 2.24) is 0 Å². The van der Waals surface area contributed by atoms with Crippen molar-refractivity contribution in [2.75, 3.05) is 13.2 Å². The number of hydrogen-bond acceptors (Lipinski definition) is 6. The molecule has 0 saturated carbocycles. The van der Waals surface area contributed by atoms with E-state index < -0.39 is 6.10 Å². The van der Waals surface area contributed by atoms with Crippen molar-refractivity contribution in [1.29, 1.82) is 0 Å². The zero-order valence-corrected chi connectivity index (χ0v) is 48.6. The van der Waals surface area contributed by atoms with Crippen molar-refractivity contribution < 1.29 is 28.6 Å². The first-order chi connectivity index (χ1) is 36.5. The minimum Gasteiger partial charge on any atom is -0.462 e. The predicted molar refractivity (Wildman–Crippen MR) is 320 cm³/mol. The summed E-state index contributed by atoms with van der Waals surface area (Å²) >= 11 is 0. The van der Waals surface area contributed by atoms with Gasteiger partial charge in [0, 0.05) is 19.3 Å². The van der Waals surface area contributed by atoms with Crippen LogP contribution in [0.15, 0.2) is 97.2 Å². The molecule has 0 fully saturated rings. The van der Waals surface area contributed by atoms with Crippen LogP contribution in [0, 0.1) is 0 Å². The molecule has 0 aromatic carbocycles. The van der Waals surface area contributed by atoms with Crippen molar-refractivity contribution in [3.05, 3.63) is 97.2 Å². The Bertz CT molecular complexity index is 1460. The first kappa shape index (κ1) is 70.3. The van der Waals surface area contributed by atoms with Crippen LogP contribution in [-0.4, -0.2) is 37.2 Å². The van der Waals surface area contributed by atoms with Gasteiger partial charge >= 0.3 is 17.9 Å². The van der Waals surface area contributed by atoms with Crippen LogP contribution in [0.2, 0.25) is 0 Å². The second-order valence-corrected chi connectivity index (χ2v) is 20.6. The van der Waals surface area contributed by atoms with Crippen molar-refractivity contribution in [3.8, 4) is 0 Å². The average Bonchev–Trinajstić information content (AvgIpc) is 3.40. The third kappa shape index (κ3) is 59.2. The van der Waals surface area contributed by atoms with E-state index in [2.05, 4.69) is 118 Å². The number of hydrogen-bond donors (Lipinski definition) is 0. The Balaban J connectivity index is 4.39. The Hall–Kier alpha value is -3.67. The Labute approximate surface area is 457 Å². The highest BCUT2D eigenvalue weighted by Gasteiger charge is 2.19. The quantitative estimate of drug-likeness (QED) is 0.0261. The summed E-state index contributed by atoms with van der Waals surface area (Å²) in [4.78, 5) is 38.3. The fraction of sp³-hybridized carbons (Fsp3) is 0.721. The van der Waals surface area contributed by atoms with E-state index in [-0.39, 0.29) is 31.1 Å². The number of ether oxygens (including phenoxy) is 3. The van der Waals surface area contributed by atoms with Crippen LogP contribution in [0.4, 0.5) is 0 Å². The van der Waals surface area contributed by atoms with E-state index in [9.17, 15) is 14.4 Å². The molecular weight excluding hydrogens is 913 g/mol. The Morgan fingerprint density at radius 2 is 0.527 bits per heavy atom. The van der Waals surface area contributed by atoms with Crippen molar-refractivity contribution >= 4 is 17.9 Å². The summed E-state index contributed by atoms with van der Waals surface area (Å²) in [6.07, 6.45) is 82.6. The van der Waals surface area contributed by atoms with Crippen LogP contribution in [-0.2, 0) is 28.6 Å². The predicted octanol–water partition coefficient (Wildman–Crippen LogP) is 21.3. The van der Waals surface area contributed by atoms with Gasteiger partial charge in [0.2, 0.25) is 0 Å². The summed E-state index contributed by atoms with van der Waals surface area (Å²) in [5.41, 5.74) is 0. The number of unbranched alkanes of at least 4 members (excludes halogenated alkanes) is 29. The van der Waals surface area contributed by atoms with E-state index in [1.807, 2.05) is 0 Å². The molecule has 6 heteroatoms. The van der Waals surface area contributed by atoms with Crippen LogP contribution in [0.25, 0.3) is 0 Å². The van der Waals surface area contributed by atoms with Gasteiger partial charge in [-0.05, 0) is 122 Å². The molecule has 0 spiro atoms. The minimum absolute atomic E-state index is 0.0874. The summed E-state index contributed by atoms with van der Waals surface area (Å²) in [7, 11) is 0. The molecule has 0 heterocycles. The van der Waals surface area contributed by atoms with Crippen LogP contribution in [0.1, 0.15) is 297 Å². The topological polar surface area (TPSA) is 78.9 Å². The molecule has 1 unspecified atom stereocenters. The lowest BCUT2D eigenvalue weighted by Crippen LogP contribution is -2.30. The number of carbonyl (C=O) groups excluding carboxylic acids is 3. The molecule has 6 nitrogen and oxygen atoms in total. The maximum atomic E-state index is 12.9. The van der Waals surface area contributed by atoms with Gasteiger partial charge in [0.1, 0.15) is 13.2 Å². The van der Waals surface area contributed by atoms with Gasteiger partial charge in [0.05, 0.1) is 0 Å². The standard InChI is InChI=1S/C68H116O6/c1-4-7-10-13-16-19-22-25-28-30-32-33-34-35-37-38-40-43-46-49-52-55-58-61-67(70)73-64-65(63-72-66(69)60-57-54-51-48-45-42-27-24-21-18-15-12-9-6-3)74-68(71)62-59-56-53-50-47-44-41-39-36-31-29-26-23-20-17-14-11-8-5-2/h7,10,16-17,19-20,24-29,32-33,36,39,65H,4-6,8-9,11-15,18,21-23,30-31,34-35,37-38,40-64H2,1-3H3/b10-7-,19-16-,20-17-,27-24-,28-25-,29-26-,33-32-,39-36-. The third-order valence-electron chi connectivity index (χ3n) is 13.3. The molecule has 0 aromatic rings. The van der Waals surface area contributed by atoms with Gasteiger partial charge in [-0.3, -0.25) is 14.4 Å². The van der Waals surface area contributed by atoms with Crippen LogP contribution in [0.3, 0.4) is 0 Å². The number of rotatable bonds is 56. The fourth-order valence-corrected chi connectivity index (χ4v) is 8.61. The minimum atomic E-state index is -0.791. The van der Waals surface area contributed by atoms with E-state index in [0.29, 0.717) is 19.3 Å². The van der Waals surface area contributed by atoms with Crippen LogP contribution >= 0.6 is 0 Å². The molecule has 424 valence electrons. The van der Waals surface area contributed by atoms with Gasteiger partial charge in [-0.15, -0.1) is 0 Å². The molecule has 0 aliphatic carbocycles. The Kier molecular flexibility index (Phi) is 58.8. The molecular formula is C68H116O6. The van der Waals surface area contributed by atoms with E-state index in [1.165, 1.54) is 141 Å². The van der Waals surface area contributed by atoms with Crippen molar-refractivity contribution in [3.63, 3.8) is 0 Å². The van der Waals surface area contributed by atoms with Gasteiger partial charge in [0.15, 0.2) is 6.10 Å². The number of carbonyl (C=O) groups is 3. The third-order valence-corrected chi connectivity index (χ3v) is 13.3. The summed E-state index contributed by atoms with van der Waals surface area (Å²) in [5.74, 6) is -0.905. The molecule has 0 saturated heterocycles. The van der Waals surface area contributed by atoms with Crippen molar-refractivity contribution in [2.24, 2.45) is 0 Å². The highest BCUT2D eigenvalue weighted by molar-refractivity contribution is 5.71. The summed E-state index contributed by atoms with van der Waals surface area (Å²) in [6, 6.07) is 0. The van der Waals surface area contributed by atoms with Gasteiger partial charge < -0.3 is 14.2 Å². The average molecular weight is 1030 g/mol. The van der Waals surface area contributed by atoms with Crippen LogP contribution in [0.5, 0.6) is 0 Å². The smallest absolute Gasteiger partial charge is 0.306 e. The maximum Gasteiger partial charge on any atom is 0.306 e. The molecule has 74 heavy (non-hydrogen) atoms. The normalized spacial score (nSPS) is 12.7. The van der Waals surface area contributed by atoms with E-state index >= 15 is 0 Å². The highest BCUT2D eigenvalue weighted by Crippen LogP contribution is 2.15. The zero-order valence-electron chi connectivity index (χ0n) is 48.6. The van der Waals surface area contributed by atoms with Gasteiger partial charge in [-0.25, -0.2) is 0 Å². The van der Waals surface area contributed by atoms with E-state index in [0.717, 1.165) is 116 Å². The molecule has 0 bridgehead atoms. The molecule has 0 aliphatic heterocycles. The molecule has 0 aliphatic rings. The Morgan fingerprint density at radius 3 is 0.865 bits per heavy atom. The second kappa shape index (κ2) is 61.9. The molecule has 0 aromatic heterocycles. The SMILES string of the molecule is CC/C=C\C/C=C\C/C=C\C/C=C\CCCCCCCCCCCCC(=O)OCC(COC(=O)CCCCCCC/C=C\CCCCCCC)OC(=O)CCCCCCCC/C=C\C/C=C\C/C=C\CCCCC. The summed E-state index contributed by atoms with van der Waals surface area (Å²) in [6.45, 7) is 6.49. The first-order valence-electron chi connectivity index (χ1n) is 31.2. The summed E-state index contributed by atoms with van der Waals surface area (Å²) in [5, 5.41) is 0. The van der Waals surface area contributed by atoms with Gasteiger partial charge in [-0.1, -0.05) is 253 Å². The van der Waals surface area contributed by atoms with Gasteiger partial charge in [0.25, 0.3) is 0 Å². The summed E-state index contributed by atoms with van der Waals surface area (Å²) < 4.78 is 16.9. The fourth-order valence-electron chi connectivity index (χ4n) is 8.61. The van der Waals surface area contributed by atoms with Crippen LogP contribution < -0.4 is 0 Å². The van der Waals surface area contributed by atoms with E-state index in [4.69, 9.17) is 14.2 Å². The highest BCUT2D eigenvalue weighted by atomic mass is 16.6. The Morgan fingerprint density at radius 1 is 0.284 bits per heavy atom. The number of allylic oxidation sites excluding steroid dienone is 16. The lowest BCUT2D eigenvalue weighted by atomic mass is 10.1.